The summed E-state index contributed by atoms with van der Waals surface area (Å²) in [6, 6.07) is 19.1. The molecule has 3 heterocycles. The summed E-state index contributed by atoms with van der Waals surface area (Å²) in [5.74, 6) is 0.0369. The lowest BCUT2D eigenvalue weighted by Crippen LogP contribution is -2.29. The number of aliphatic hydroxyl groups is 1. The molecule has 214 valence electrons. The molecule has 8 nitrogen and oxygen atoms in total. The lowest BCUT2D eigenvalue weighted by Gasteiger charge is -2.23. The molecule has 0 aliphatic carbocycles. The van der Waals surface area contributed by atoms with Crippen molar-refractivity contribution in [3.63, 3.8) is 0 Å². The van der Waals surface area contributed by atoms with Crippen LogP contribution >= 0.6 is 34.7 Å². The number of fused-ring (bicyclic) bond motifs is 1. The zero-order chi connectivity index (χ0) is 29.4. The fourth-order valence-electron chi connectivity index (χ4n) is 5.12. The summed E-state index contributed by atoms with van der Waals surface area (Å²) >= 11 is 8.94. The number of carbonyl (C=O) groups excluding carboxylic acids is 2. The molecule has 42 heavy (non-hydrogen) atoms. The Kier molecular flexibility index (Phi) is 7.94. The Balaban J connectivity index is 1.40. The second-order valence-corrected chi connectivity index (χ2v) is 12.4. The Bertz CT molecular complexity index is 1720. The Labute approximate surface area is 255 Å². The molecule has 6 rings (SSSR count). The van der Waals surface area contributed by atoms with Crippen LogP contribution in [0.15, 0.2) is 76.6 Å². The van der Waals surface area contributed by atoms with Crippen molar-refractivity contribution in [1.82, 2.24) is 10.2 Å². The van der Waals surface area contributed by atoms with Gasteiger partial charge in [0.25, 0.3) is 5.78 Å². The van der Waals surface area contributed by atoms with Crippen molar-refractivity contribution in [2.45, 2.75) is 42.5 Å². The van der Waals surface area contributed by atoms with Crippen LogP contribution in [-0.4, -0.2) is 39.7 Å². The summed E-state index contributed by atoms with van der Waals surface area (Å²) in [6.45, 7) is 4.29. The number of rotatable bonds is 8. The Morgan fingerprint density at radius 3 is 2.79 bits per heavy atom. The summed E-state index contributed by atoms with van der Waals surface area (Å²) in [5.41, 5.74) is 2.88. The number of amides is 1. The number of aliphatic hydroxyl groups excluding tert-OH is 1. The monoisotopic (exact) mass is 619 g/mol. The molecular weight excluding hydrogens is 594 g/mol. The minimum atomic E-state index is -0.941. The van der Waals surface area contributed by atoms with Crippen LogP contribution in [0, 0.1) is 0 Å². The quantitative estimate of drug-likeness (QED) is 0.0753. The van der Waals surface area contributed by atoms with Crippen molar-refractivity contribution < 1.29 is 24.2 Å². The van der Waals surface area contributed by atoms with Crippen molar-refractivity contribution in [2.24, 2.45) is 0 Å². The van der Waals surface area contributed by atoms with E-state index >= 15 is 0 Å². The maximum absolute atomic E-state index is 13.6. The topological polar surface area (TPSA) is 102 Å². The number of hydrogen-bond acceptors (Lipinski definition) is 9. The van der Waals surface area contributed by atoms with E-state index in [1.54, 1.807) is 36.4 Å². The number of halogens is 1. The molecule has 3 aromatic carbocycles. The Morgan fingerprint density at radius 2 is 1.98 bits per heavy atom. The molecule has 0 bridgehead atoms. The molecule has 4 aromatic rings. The van der Waals surface area contributed by atoms with Gasteiger partial charge in [0, 0.05) is 22.8 Å². The molecule has 2 aliphatic heterocycles. The second kappa shape index (κ2) is 11.8. The molecular formula is C31H26ClN3O5S2. The third-order valence-corrected chi connectivity index (χ3v) is 9.48. The van der Waals surface area contributed by atoms with E-state index in [9.17, 15) is 14.7 Å². The molecule has 1 N–H and O–H groups in total. The average molecular weight is 620 g/mol. The van der Waals surface area contributed by atoms with Gasteiger partial charge in [-0.05, 0) is 66.9 Å². The lowest BCUT2D eigenvalue weighted by atomic mass is 9.94. The smallest absolute Gasteiger partial charge is 0.301 e. The average Bonchev–Trinajstić information content (AvgIpc) is 3.67. The highest BCUT2D eigenvalue weighted by atomic mass is 35.5. The van der Waals surface area contributed by atoms with E-state index in [2.05, 4.69) is 10.2 Å². The molecule has 1 fully saturated rings. The van der Waals surface area contributed by atoms with E-state index in [1.165, 1.54) is 28.0 Å². The predicted molar refractivity (Wildman–Crippen MR) is 164 cm³/mol. The van der Waals surface area contributed by atoms with Gasteiger partial charge in [0.1, 0.15) is 23.4 Å². The highest BCUT2D eigenvalue weighted by molar-refractivity contribution is 8.00. The van der Waals surface area contributed by atoms with Gasteiger partial charge in [-0.3, -0.25) is 14.5 Å². The van der Waals surface area contributed by atoms with E-state index in [0.717, 1.165) is 16.9 Å². The van der Waals surface area contributed by atoms with Gasteiger partial charge >= 0.3 is 5.91 Å². The number of carbonyl (C=O) groups is 2. The summed E-state index contributed by atoms with van der Waals surface area (Å²) in [7, 11) is 0. The number of ketones is 1. The van der Waals surface area contributed by atoms with Crippen molar-refractivity contribution in [3.8, 4) is 11.5 Å². The van der Waals surface area contributed by atoms with Crippen LogP contribution < -0.4 is 14.4 Å². The highest BCUT2D eigenvalue weighted by Gasteiger charge is 2.48. The minimum Gasteiger partial charge on any atom is -0.507 e. The molecule has 2 atom stereocenters. The number of anilines is 1. The van der Waals surface area contributed by atoms with Gasteiger partial charge in [0.2, 0.25) is 5.13 Å². The largest absolute Gasteiger partial charge is 0.507 e. The minimum absolute atomic E-state index is 0.0201. The molecule has 1 amide bonds. The first-order valence-corrected chi connectivity index (χ1v) is 15.6. The molecule has 1 aromatic heterocycles. The van der Waals surface area contributed by atoms with E-state index in [1.807, 2.05) is 44.2 Å². The summed E-state index contributed by atoms with van der Waals surface area (Å²) in [4.78, 5) is 28.5. The molecule has 2 unspecified atom stereocenters. The highest BCUT2D eigenvalue weighted by Crippen LogP contribution is 2.45. The summed E-state index contributed by atoms with van der Waals surface area (Å²) < 4.78 is 12.1. The van der Waals surface area contributed by atoms with Crippen LogP contribution in [0.25, 0.3) is 5.76 Å². The normalized spacial score (nSPS) is 19.2. The first kappa shape index (κ1) is 28.3. The van der Waals surface area contributed by atoms with Crippen molar-refractivity contribution in [1.29, 1.82) is 0 Å². The Morgan fingerprint density at radius 1 is 1.14 bits per heavy atom. The van der Waals surface area contributed by atoms with Gasteiger partial charge in [-0.1, -0.05) is 65.0 Å². The fraction of sp³-hybridized carbons (Fsp3) is 0.226. The second-order valence-electron chi connectivity index (χ2n) is 9.86. The van der Waals surface area contributed by atoms with Gasteiger partial charge in [-0.2, -0.15) is 0 Å². The van der Waals surface area contributed by atoms with Crippen LogP contribution in [-0.2, 0) is 21.8 Å². The molecule has 0 spiro atoms. The molecule has 11 heteroatoms. The zero-order valence-corrected chi connectivity index (χ0v) is 25.1. The number of nitrogens with zero attached hydrogens (tertiary/aromatic N) is 3. The van der Waals surface area contributed by atoms with Crippen LogP contribution in [0.5, 0.6) is 11.5 Å². The molecule has 0 radical (unpaired) electrons. The molecule has 1 saturated heterocycles. The molecule has 0 saturated carbocycles. The van der Waals surface area contributed by atoms with Crippen molar-refractivity contribution in [2.75, 3.05) is 11.5 Å². The number of benzene rings is 3. The number of thioether (sulfide) groups is 1. The van der Waals surface area contributed by atoms with Crippen LogP contribution in [0.4, 0.5) is 5.13 Å². The van der Waals surface area contributed by atoms with Gasteiger partial charge < -0.3 is 14.6 Å². The standard InChI is InChI=1S/C31H26ClN3O5S2/c1-3-39-22-9-6-8-18(15-22)26-25(27(36)19-11-12-24-21(14-19)13-17(2)40-24)28(37)29(38)35(26)30-33-34-31(42-30)41-16-20-7-4-5-10-23(20)32/h4-12,14-15,17,26,36H,3,13,16H2,1-2H3/b27-25+. The van der Waals surface area contributed by atoms with E-state index in [4.69, 9.17) is 21.1 Å². The first-order chi connectivity index (χ1) is 20.3. The zero-order valence-electron chi connectivity index (χ0n) is 22.7. The maximum atomic E-state index is 13.6. The van der Waals surface area contributed by atoms with Crippen LogP contribution in [0.3, 0.4) is 0 Å². The maximum Gasteiger partial charge on any atom is 0.301 e. The fourth-order valence-corrected chi connectivity index (χ4v) is 7.28. The number of Topliss-reactive ketones (excluding diaryl/α,β-unsaturated/α-hetero) is 1. The van der Waals surface area contributed by atoms with Crippen LogP contribution in [0.2, 0.25) is 5.02 Å². The predicted octanol–water partition coefficient (Wildman–Crippen LogP) is 6.83. The summed E-state index contributed by atoms with van der Waals surface area (Å²) in [5, 5.41) is 21.1. The van der Waals surface area contributed by atoms with Gasteiger partial charge in [-0.15, -0.1) is 10.2 Å². The van der Waals surface area contributed by atoms with E-state index in [-0.39, 0.29) is 22.6 Å². The number of aromatic nitrogens is 2. The van der Waals surface area contributed by atoms with Crippen LogP contribution in [0.1, 0.15) is 42.1 Å². The first-order valence-electron chi connectivity index (χ1n) is 13.4. The van der Waals surface area contributed by atoms with Crippen molar-refractivity contribution >= 4 is 57.3 Å². The van der Waals surface area contributed by atoms with E-state index in [0.29, 0.717) is 45.0 Å². The number of ether oxygens (including phenoxy) is 2. The van der Waals surface area contributed by atoms with Gasteiger partial charge in [-0.25, -0.2) is 0 Å². The summed E-state index contributed by atoms with van der Waals surface area (Å²) in [6.07, 6.45) is 0.705. The lowest BCUT2D eigenvalue weighted by molar-refractivity contribution is -0.132. The number of hydrogen-bond donors (Lipinski definition) is 1. The third kappa shape index (κ3) is 5.37. The SMILES string of the molecule is CCOc1cccc(C2/C(=C(\O)c3ccc4c(c3)CC(C)O4)C(=O)C(=O)N2c2nnc(SCc3ccccc3Cl)s2)c1. The van der Waals surface area contributed by atoms with Crippen molar-refractivity contribution in [3.05, 3.63) is 99.6 Å². The Hall–Kier alpha value is -3.86. The van der Waals surface area contributed by atoms with E-state index < -0.39 is 17.7 Å². The van der Waals surface area contributed by atoms with Gasteiger partial charge in [0.05, 0.1) is 18.2 Å². The third-order valence-electron chi connectivity index (χ3n) is 7.01. The van der Waals surface area contributed by atoms with Gasteiger partial charge in [0.15, 0.2) is 4.34 Å². The molecule has 2 aliphatic rings.